The van der Waals surface area contributed by atoms with Gasteiger partial charge in [0, 0.05) is 19.3 Å². The Bertz CT molecular complexity index is 829. The molecule has 0 unspecified atom stereocenters. The number of quaternary nitrogens is 1. The Balaban J connectivity index is 0.000000534. The summed E-state index contributed by atoms with van der Waals surface area (Å²) in [7, 11) is 0. The maximum atomic E-state index is 12.0. The van der Waals surface area contributed by atoms with Gasteiger partial charge in [0.05, 0.1) is 26.1 Å². The van der Waals surface area contributed by atoms with E-state index in [-0.39, 0.29) is 0 Å². The van der Waals surface area contributed by atoms with Gasteiger partial charge in [0.25, 0.3) is 0 Å². The first kappa shape index (κ1) is 26.0. The Labute approximate surface area is 197 Å². The van der Waals surface area contributed by atoms with Crippen LogP contribution in [-0.2, 0) is 14.4 Å². The fourth-order valence-electron chi connectivity index (χ4n) is 3.81. The minimum Gasteiger partial charge on any atom is -0.539 e. The van der Waals surface area contributed by atoms with Crippen LogP contribution in [0.1, 0.15) is 63.0 Å². The number of hydrogen-bond acceptors (Lipinski definition) is 6. The van der Waals surface area contributed by atoms with Crippen molar-refractivity contribution in [1.29, 1.82) is 0 Å². The molecule has 0 amide bonds. The van der Waals surface area contributed by atoms with Crippen LogP contribution in [0.4, 0.5) is 0 Å². The number of unbranched alkanes of at least 4 members (excludes halogenated alkanes) is 2. The summed E-state index contributed by atoms with van der Waals surface area (Å²) < 4.78 is 0. The Morgan fingerprint density at radius 1 is 1.00 bits per heavy atom. The molecule has 174 valence electrons. The molecule has 0 atom stereocenters. The lowest BCUT2D eigenvalue weighted by Gasteiger charge is -2.27. The van der Waals surface area contributed by atoms with Gasteiger partial charge >= 0.3 is 5.97 Å². The van der Waals surface area contributed by atoms with E-state index in [4.69, 9.17) is 19.8 Å². The van der Waals surface area contributed by atoms with E-state index in [2.05, 4.69) is 40.6 Å². The highest BCUT2D eigenvalue weighted by Crippen LogP contribution is 2.32. The second-order valence-corrected chi connectivity index (χ2v) is 9.40. The molecule has 8 heteroatoms. The van der Waals surface area contributed by atoms with E-state index in [1.807, 2.05) is 0 Å². The van der Waals surface area contributed by atoms with E-state index < -0.39 is 11.9 Å². The van der Waals surface area contributed by atoms with E-state index in [1.54, 1.807) is 33.1 Å². The minimum atomic E-state index is -2.07. The zero-order valence-electron chi connectivity index (χ0n) is 18.4. The third kappa shape index (κ3) is 8.68. The Morgan fingerprint density at radius 2 is 1.56 bits per heavy atom. The first-order valence-corrected chi connectivity index (χ1v) is 12.9. The number of carboxylic acids is 2. The molecule has 1 aliphatic heterocycles. The molecule has 1 fully saturated rings. The van der Waals surface area contributed by atoms with E-state index in [9.17, 15) is 4.79 Å². The molecule has 0 bridgehead atoms. The van der Waals surface area contributed by atoms with Gasteiger partial charge < -0.3 is 19.9 Å². The summed E-state index contributed by atoms with van der Waals surface area (Å²) in [5, 5.41) is 25.2. The first-order valence-electron chi connectivity index (χ1n) is 11.0. The monoisotopic (exact) mass is 477 g/mol. The second-order valence-electron chi connectivity index (χ2n) is 7.84. The normalized spacial score (nSPS) is 15.5. The average Bonchev–Trinajstić information content (AvgIpc) is 3.49. The SMILES string of the molecule is CCCCCC(=O)CC[NH+]1CCC(=C(c2ccsc2)c2ccsc2)CC1.O=C([O-])C(=O)O. The van der Waals surface area contributed by atoms with Crippen LogP contribution in [-0.4, -0.2) is 42.5 Å². The molecule has 0 radical (unpaired) electrons. The van der Waals surface area contributed by atoms with Crippen LogP contribution in [0.2, 0.25) is 0 Å². The molecule has 0 aromatic carbocycles. The zero-order valence-corrected chi connectivity index (χ0v) is 20.1. The Kier molecular flexibility index (Phi) is 11.3. The number of thiophene rings is 2. The number of carbonyl (C=O) groups is 3. The molecule has 1 aliphatic rings. The van der Waals surface area contributed by atoms with Crippen molar-refractivity contribution in [2.24, 2.45) is 0 Å². The van der Waals surface area contributed by atoms with Crippen molar-refractivity contribution in [3.63, 3.8) is 0 Å². The van der Waals surface area contributed by atoms with Crippen molar-refractivity contribution in [3.8, 4) is 0 Å². The third-order valence-corrected chi connectivity index (χ3v) is 6.89. The summed E-state index contributed by atoms with van der Waals surface area (Å²) in [5.74, 6) is -3.55. The van der Waals surface area contributed by atoms with Gasteiger partial charge in [-0.25, -0.2) is 4.79 Å². The van der Waals surface area contributed by atoms with Gasteiger partial charge in [0.15, 0.2) is 5.97 Å². The van der Waals surface area contributed by atoms with Crippen molar-refractivity contribution in [2.45, 2.75) is 51.9 Å². The van der Waals surface area contributed by atoms with Gasteiger partial charge in [-0.05, 0) is 56.8 Å². The lowest BCUT2D eigenvalue weighted by atomic mass is 9.91. The number of likely N-dealkylation sites (tertiary alicyclic amines) is 1. The van der Waals surface area contributed by atoms with Gasteiger partial charge in [-0.2, -0.15) is 22.7 Å². The molecular weight excluding hydrogens is 446 g/mol. The van der Waals surface area contributed by atoms with Crippen molar-refractivity contribution >= 4 is 46.0 Å². The van der Waals surface area contributed by atoms with Crippen molar-refractivity contribution < 1.29 is 29.5 Å². The molecule has 0 spiro atoms. The number of carboxylic acid groups (broad SMARTS) is 2. The van der Waals surface area contributed by atoms with Gasteiger partial charge in [-0.1, -0.05) is 25.3 Å². The fourth-order valence-corrected chi connectivity index (χ4v) is 5.10. The lowest BCUT2D eigenvalue weighted by molar-refractivity contribution is -0.902. The summed E-state index contributed by atoms with van der Waals surface area (Å²) in [6.07, 6.45) is 7.30. The number of aliphatic carboxylic acids is 2. The van der Waals surface area contributed by atoms with Crippen LogP contribution in [0.3, 0.4) is 0 Å². The van der Waals surface area contributed by atoms with Crippen LogP contribution in [0.25, 0.3) is 5.57 Å². The topological polar surface area (TPSA) is 98.9 Å². The largest absolute Gasteiger partial charge is 0.539 e. The van der Waals surface area contributed by atoms with Crippen LogP contribution in [0.15, 0.2) is 39.2 Å². The van der Waals surface area contributed by atoms with Gasteiger partial charge in [-0.15, -0.1) is 0 Å². The molecule has 0 aliphatic carbocycles. The number of hydrogen-bond donors (Lipinski definition) is 2. The minimum absolute atomic E-state index is 0.463. The van der Waals surface area contributed by atoms with Gasteiger partial charge in [-0.3, -0.25) is 4.79 Å². The Morgan fingerprint density at radius 3 is 2.00 bits per heavy atom. The molecule has 3 rings (SSSR count). The number of ketones is 1. The molecule has 2 aromatic rings. The van der Waals surface area contributed by atoms with E-state index in [1.165, 1.54) is 29.5 Å². The summed E-state index contributed by atoms with van der Waals surface area (Å²) in [5.41, 5.74) is 5.80. The standard InChI is InChI=1S/C22H29NOS2.C2H2O4/c1-2-3-4-5-21(24)8-13-23-11-6-18(7-12-23)22(19-9-14-25-16-19)20-10-15-26-17-20;3-1(4)2(5)6/h9-10,14-17H,2-8,11-13H2,1H3;(H,3,4)(H,5,6). The van der Waals surface area contributed by atoms with Gasteiger partial charge in [0.1, 0.15) is 5.78 Å². The Hall–Kier alpha value is -2.29. The van der Waals surface area contributed by atoms with Crippen LogP contribution in [0.5, 0.6) is 0 Å². The van der Waals surface area contributed by atoms with Crippen LogP contribution in [0, 0.1) is 0 Å². The third-order valence-electron chi connectivity index (χ3n) is 5.53. The highest BCUT2D eigenvalue weighted by Gasteiger charge is 2.22. The number of nitrogens with one attached hydrogen (secondary N) is 1. The summed E-state index contributed by atoms with van der Waals surface area (Å²) in [4.78, 5) is 31.7. The van der Waals surface area contributed by atoms with Crippen molar-refractivity contribution in [1.82, 2.24) is 0 Å². The number of piperidine rings is 1. The van der Waals surface area contributed by atoms with Crippen LogP contribution < -0.4 is 10.0 Å². The van der Waals surface area contributed by atoms with E-state index in [0.29, 0.717) is 5.78 Å². The average molecular weight is 478 g/mol. The number of rotatable bonds is 9. The van der Waals surface area contributed by atoms with Crippen molar-refractivity contribution in [3.05, 3.63) is 50.4 Å². The van der Waals surface area contributed by atoms with Crippen molar-refractivity contribution in [2.75, 3.05) is 19.6 Å². The van der Waals surface area contributed by atoms with Crippen LogP contribution >= 0.6 is 22.7 Å². The molecule has 6 nitrogen and oxygen atoms in total. The first-order chi connectivity index (χ1) is 15.4. The number of carbonyl (C=O) groups excluding carboxylic acids is 2. The van der Waals surface area contributed by atoms with E-state index >= 15 is 0 Å². The predicted octanol–water partition coefficient (Wildman–Crippen LogP) is 2.65. The lowest BCUT2D eigenvalue weighted by Crippen LogP contribution is -3.13. The maximum absolute atomic E-state index is 12.0. The highest BCUT2D eigenvalue weighted by atomic mass is 32.1. The predicted molar refractivity (Wildman–Crippen MR) is 126 cm³/mol. The number of Topliss-reactive ketones (excluding diaryl/α,β-unsaturated/α-hetero) is 1. The highest BCUT2D eigenvalue weighted by molar-refractivity contribution is 7.08. The molecule has 32 heavy (non-hydrogen) atoms. The zero-order chi connectivity index (χ0) is 23.3. The molecule has 0 saturated carbocycles. The quantitative estimate of drug-likeness (QED) is 0.427. The summed E-state index contributed by atoms with van der Waals surface area (Å²) in [6, 6.07) is 4.50. The molecule has 2 N–H and O–H groups in total. The fraction of sp³-hybridized carbons (Fsp3) is 0.458. The van der Waals surface area contributed by atoms with Gasteiger partial charge in [0.2, 0.25) is 0 Å². The smallest absolute Gasteiger partial charge is 0.351 e. The molecule has 2 aromatic heterocycles. The molecule has 3 heterocycles. The maximum Gasteiger partial charge on any atom is 0.351 e. The molecular formula is C24H31NO5S2. The second kappa shape index (κ2) is 14.0. The summed E-state index contributed by atoms with van der Waals surface area (Å²) in [6.45, 7) is 5.53. The molecule has 1 saturated heterocycles. The van der Waals surface area contributed by atoms with E-state index in [0.717, 1.165) is 51.7 Å². The summed E-state index contributed by atoms with van der Waals surface area (Å²) >= 11 is 3.55.